The second kappa shape index (κ2) is 6.68. The Hall–Kier alpha value is -2.89. The smallest absolute Gasteiger partial charge is 0.410 e. The van der Waals surface area contributed by atoms with E-state index in [4.69, 9.17) is 4.74 Å². The predicted octanol–water partition coefficient (Wildman–Crippen LogP) is 3.84. The number of ether oxygens (including phenoxy) is 1. The van der Waals surface area contributed by atoms with Crippen molar-refractivity contribution in [3.05, 3.63) is 42.7 Å². The fourth-order valence-corrected chi connectivity index (χ4v) is 3.48. The molecule has 1 aromatic heterocycles. The number of piperazine rings is 1. The lowest BCUT2D eigenvalue weighted by Crippen LogP contribution is -2.50. The maximum absolute atomic E-state index is 12.3. The molecular weight excluding hydrogens is 340 g/mol. The van der Waals surface area contributed by atoms with Crippen molar-refractivity contribution < 1.29 is 9.53 Å². The zero-order valence-electron chi connectivity index (χ0n) is 16.0. The van der Waals surface area contributed by atoms with E-state index >= 15 is 0 Å². The van der Waals surface area contributed by atoms with Crippen LogP contribution in [0.3, 0.4) is 0 Å². The fraction of sp³-hybridized carbons (Fsp3) is 0.381. The highest BCUT2D eigenvalue weighted by atomic mass is 16.6. The molecule has 0 N–H and O–H groups in total. The Kier molecular flexibility index (Phi) is 4.34. The molecule has 3 aromatic rings. The van der Waals surface area contributed by atoms with Gasteiger partial charge >= 0.3 is 6.09 Å². The van der Waals surface area contributed by atoms with Crippen molar-refractivity contribution in [3.8, 4) is 0 Å². The van der Waals surface area contributed by atoms with Gasteiger partial charge in [0, 0.05) is 26.2 Å². The number of rotatable bonds is 1. The molecule has 6 heteroatoms. The highest BCUT2D eigenvalue weighted by Gasteiger charge is 2.27. The van der Waals surface area contributed by atoms with Gasteiger partial charge in [-0.1, -0.05) is 30.3 Å². The van der Waals surface area contributed by atoms with E-state index in [9.17, 15) is 4.79 Å². The Morgan fingerprint density at radius 1 is 1.00 bits per heavy atom. The molecule has 140 valence electrons. The summed E-state index contributed by atoms with van der Waals surface area (Å²) in [4.78, 5) is 25.3. The first-order chi connectivity index (χ1) is 12.9. The molecule has 0 saturated carbocycles. The Morgan fingerprint density at radius 2 is 1.74 bits per heavy atom. The summed E-state index contributed by atoms with van der Waals surface area (Å²) in [6.07, 6.45) is 1.37. The van der Waals surface area contributed by atoms with E-state index in [2.05, 4.69) is 33.1 Å². The predicted molar refractivity (Wildman–Crippen MR) is 107 cm³/mol. The summed E-state index contributed by atoms with van der Waals surface area (Å²) >= 11 is 0. The highest BCUT2D eigenvalue weighted by molar-refractivity contribution is 6.11. The highest BCUT2D eigenvalue weighted by Crippen LogP contribution is 2.31. The molecule has 1 fully saturated rings. The third kappa shape index (κ3) is 3.52. The van der Waals surface area contributed by atoms with Crippen LogP contribution in [-0.4, -0.2) is 52.7 Å². The van der Waals surface area contributed by atoms with Gasteiger partial charge in [0.15, 0.2) is 0 Å². The van der Waals surface area contributed by atoms with E-state index < -0.39 is 5.60 Å². The Bertz CT molecular complexity index is 988. The zero-order valence-corrected chi connectivity index (χ0v) is 16.0. The number of amides is 1. The summed E-state index contributed by atoms with van der Waals surface area (Å²) in [6, 6.07) is 12.4. The maximum atomic E-state index is 12.3. The van der Waals surface area contributed by atoms with Crippen molar-refractivity contribution in [1.29, 1.82) is 0 Å². The van der Waals surface area contributed by atoms with Gasteiger partial charge in [0.05, 0.1) is 10.9 Å². The van der Waals surface area contributed by atoms with E-state index in [1.54, 1.807) is 11.2 Å². The molecule has 1 amide bonds. The molecule has 0 radical (unpaired) electrons. The zero-order chi connectivity index (χ0) is 19.0. The van der Waals surface area contributed by atoms with Crippen LogP contribution in [0.2, 0.25) is 0 Å². The molecule has 0 unspecified atom stereocenters. The lowest BCUT2D eigenvalue weighted by atomic mass is 10.1. The molecule has 0 aliphatic carbocycles. The van der Waals surface area contributed by atoms with Gasteiger partial charge in [0.2, 0.25) is 0 Å². The van der Waals surface area contributed by atoms with Gasteiger partial charge in [-0.25, -0.2) is 14.8 Å². The molecule has 1 aliphatic heterocycles. The molecule has 6 nitrogen and oxygen atoms in total. The summed E-state index contributed by atoms with van der Waals surface area (Å²) in [5, 5.41) is 3.40. The molecule has 0 bridgehead atoms. The van der Waals surface area contributed by atoms with Gasteiger partial charge in [-0.05, 0) is 37.6 Å². The number of carbonyl (C=O) groups excluding carboxylic acids is 1. The number of benzene rings is 2. The lowest BCUT2D eigenvalue weighted by molar-refractivity contribution is 0.0240. The Balaban J connectivity index is 1.61. The van der Waals surface area contributed by atoms with Crippen LogP contribution in [0.4, 0.5) is 10.6 Å². The van der Waals surface area contributed by atoms with Crippen LogP contribution in [0.5, 0.6) is 0 Å². The van der Waals surface area contributed by atoms with Crippen LogP contribution in [0.1, 0.15) is 20.8 Å². The summed E-state index contributed by atoms with van der Waals surface area (Å²) < 4.78 is 5.49. The summed E-state index contributed by atoms with van der Waals surface area (Å²) in [5.74, 6) is 0.931. The standard InChI is InChI=1S/C21H24N4O2/c1-21(2,3)27-20(26)25-12-10-24(11-13-25)19-18-16-7-5-4-6-15(16)8-9-17(18)22-14-23-19/h4-9,14H,10-13H2,1-3H3. The Morgan fingerprint density at radius 3 is 2.48 bits per heavy atom. The average Bonchev–Trinajstić information content (AvgIpc) is 2.66. The average molecular weight is 364 g/mol. The second-order valence-electron chi connectivity index (χ2n) is 7.83. The van der Waals surface area contributed by atoms with E-state index in [1.165, 1.54) is 5.39 Å². The summed E-state index contributed by atoms with van der Waals surface area (Å²) in [5.41, 5.74) is 0.462. The van der Waals surface area contributed by atoms with E-state index in [-0.39, 0.29) is 6.09 Å². The fourth-order valence-electron chi connectivity index (χ4n) is 3.48. The van der Waals surface area contributed by atoms with Crippen molar-refractivity contribution in [2.75, 3.05) is 31.1 Å². The minimum atomic E-state index is -0.476. The number of carbonyl (C=O) groups is 1. The quantitative estimate of drug-likeness (QED) is 0.614. The van der Waals surface area contributed by atoms with Gasteiger partial charge in [-0.15, -0.1) is 0 Å². The maximum Gasteiger partial charge on any atom is 0.410 e. The number of nitrogens with zero attached hydrogens (tertiary/aromatic N) is 4. The SMILES string of the molecule is CC(C)(C)OC(=O)N1CCN(c2ncnc3ccc4ccccc4c23)CC1. The number of fused-ring (bicyclic) bond motifs is 3. The van der Waals surface area contributed by atoms with Crippen molar-refractivity contribution >= 4 is 33.6 Å². The van der Waals surface area contributed by atoms with Crippen LogP contribution in [-0.2, 0) is 4.74 Å². The molecule has 27 heavy (non-hydrogen) atoms. The minimum Gasteiger partial charge on any atom is -0.444 e. The first-order valence-corrected chi connectivity index (χ1v) is 9.28. The number of hydrogen-bond acceptors (Lipinski definition) is 5. The van der Waals surface area contributed by atoms with Gasteiger partial charge in [-0.3, -0.25) is 0 Å². The molecular formula is C21H24N4O2. The van der Waals surface area contributed by atoms with Crippen LogP contribution in [0.15, 0.2) is 42.7 Å². The van der Waals surface area contributed by atoms with Crippen molar-refractivity contribution in [3.63, 3.8) is 0 Å². The van der Waals surface area contributed by atoms with Gasteiger partial charge in [0.1, 0.15) is 17.7 Å². The van der Waals surface area contributed by atoms with Crippen LogP contribution in [0, 0.1) is 0 Å². The number of anilines is 1. The third-order valence-corrected chi connectivity index (χ3v) is 4.74. The van der Waals surface area contributed by atoms with Crippen LogP contribution < -0.4 is 4.90 Å². The first-order valence-electron chi connectivity index (χ1n) is 9.28. The van der Waals surface area contributed by atoms with Crippen LogP contribution >= 0.6 is 0 Å². The third-order valence-electron chi connectivity index (χ3n) is 4.74. The second-order valence-corrected chi connectivity index (χ2v) is 7.83. The monoisotopic (exact) mass is 364 g/mol. The topological polar surface area (TPSA) is 58.6 Å². The normalized spacial score (nSPS) is 15.4. The van der Waals surface area contributed by atoms with Gasteiger partial charge in [0.25, 0.3) is 0 Å². The molecule has 0 spiro atoms. The summed E-state index contributed by atoms with van der Waals surface area (Å²) in [6.45, 7) is 8.33. The summed E-state index contributed by atoms with van der Waals surface area (Å²) in [7, 11) is 0. The number of hydrogen-bond donors (Lipinski definition) is 0. The minimum absolute atomic E-state index is 0.250. The first kappa shape index (κ1) is 17.5. The van der Waals surface area contributed by atoms with Crippen molar-refractivity contribution in [2.45, 2.75) is 26.4 Å². The Labute approximate surface area is 158 Å². The van der Waals surface area contributed by atoms with Gasteiger partial charge in [-0.2, -0.15) is 0 Å². The molecule has 2 aromatic carbocycles. The lowest BCUT2D eigenvalue weighted by Gasteiger charge is -2.36. The molecule has 0 atom stereocenters. The molecule has 1 saturated heterocycles. The van der Waals surface area contributed by atoms with Crippen LogP contribution in [0.25, 0.3) is 21.7 Å². The van der Waals surface area contributed by atoms with E-state index in [0.717, 1.165) is 22.1 Å². The molecule has 1 aliphatic rings. The van der Waals surface area contributed by atoms with E-state index in [1.807, 2.05) is 39.0 Å². The van der Waals surface area contributed by atoms with Gasteiger partial charge < -0.3 is 14.5 Å². The van der Waals surface area contributed by atoms with E-state index in [0.29, 0.717) is 26.2 Å². The van der Waals surface area contributed by atoms with Crippen molar-refractivity contribution in [1.82, 2.24) is 14.9 Å². The largest absolute Gasteiger partial charge is 0.444 e. The van der Waals surface area contributed by atoms with Crippen molar-refractivity contribution in [2.24, 2.45) is 0 Å². The molecule has 4 rings (SSSR count). The molecule has 2 heterocycles. The number of aromatic nitrogens is 2.